The van der Waals surface area contributed by atoms with Gasteiger partial charge < -0.3 is 10.1 Å². The number of hydrogen-bond acceptors (Lipinski definition) is 5. The number of imide groups is 1. The predicted molar refractivity (Wildman–Crippen MR) is 129 cm³/mol. The number of nitrogens with zero attached hydrogens (tertiary/aromatic N) is 1. The highest BCUT2D eigenvalue weighted by Gasteiger charge is 2.40. The Balaban J connectivity index is 1.73. The Morgan fingerprint density at radius 1 is 0.906 bits per heavy atom. The summed E-state index contributed by atoms with van der Waals surface area (Å²) >= 11 is 1.29. The van der Waals surface area contributed by atoms with Gasteiger partial charge in [-0.1, -0.05) is 42.1 Å². The maximum absolute atomic E-state index is 13.5. The van der Waals surface area contributed by atoms with Crippen LogP contribution in [0.4, 0.5) is 11.4 Å². The third-order valence-corrected chi connectivity index (χ3v) is 6.14. The van der Waals surface area contributed by atoms with Gasteiger partial charge in [0, 0.05) is 10.6 Å². The van der Waals surface area contributed by atoms with E-state index in [0.717, 1.165) is 21.8 Å². The summed E-state index contributed by atoms with van der Waals surface area (Å²) in [6.07, 6.45) is 0. The summed E-state index contributed by atoms with van der Waals surface area (Å²) in [4.78, 5) is 29.5. The van der Waals surface area contributed by atoms with Crippen LogP contribution in [-0.4, -0.2) is 18.4 Å². The van der Waals surface area contributed by atoms with E-state index in [0.29, 0.717) is 22.9 Å². The Kier molecular flexibility index (Phi) is 6.32. The van der Waals surface area contributed by atoms with Crippen LogP contribution in [-0.2, 0) is 9.59 Å². The highest BCUT2D eigenvalue weighted by Crippen LogP contribution is 2.39. The number of nitrogens with one attached hydrogen (secondary N) is 1. The Morgan fingerprint density at radius 2 is 1.62 bits per heavy atom. The van der Waals surface area contributed by atoms with E-state index >= 15 is 0 Å². The molecule has 5 nitrogen and oxygen atoms in total. The molecule has 2 amide bonds. The number of hydrogen-bond donors (Lipinski definition) is 1. The molecule has 1 aliphatic heterocycles. The Labute approximate surface area is 192 Å². The zero-order valence-electron chi connectivity index (χ0n) is 18.2. The van der Waals surface area contributed by atoms with E-state index in [9.17, 15) is 9.59 Å². The summed E-state index contributed by atoms with van der Waals surface area (Å²) in [5, 5.41) is 3.19. The molecule has 0 saturated carbocycles. The largest absolute Gasteiger partial charge is 0.494 e. The number of aryl methyl sites for hydroxylation is 2. The Bertz CT molecular complexity index is 1190. The minimum absolute atomic E-state index is 0.272. The van der Waals surface area contributed by atoms with Gasteiger partial charge in [0.2, 0.25) is 0 Å². The highest BCUT2D eigenvalue weighted by molar-refractivity contribution is 8.04. The molecule has 0 unspecified atom stereocenters. The van der Waals surface area contributed by atoms with E-state index in [2.05, 4.69) is 5.32 Å². The maximum Gasteiger partial charge on any atom is 0.283 e. The van der Waals surface area contributed by atoms with Crippen LogP contribution in [0.25, 0.3) is 0 Å². The lowest BCUT2D eigenvalue weighted by Gasteiger charge is -2.18. The van der Waals surface area contributed by atoms with E-state index in [-0.39, 0.29) is 17.5 Å². The number of benzene rings is 3. The summed E-state index contributed by atoms with van der Waals surface area (Å²) in [7, 11) is 0. The van der Waals surface area contributed by atoms with Crippen molar-refractivity contribution in [3.63, 3.8) is 0 Å². The quantitative estimate of drug-likeness (QED) is 0.474. The van der Waals surface area contributed by atoms with Crippen LogP contribution < -0.4 is 15.0 Å². The number of anilines is 2. The van der Waals surface area contributed by atoms with E-state index in [1.165, 1.54) is 16.7 Å². The molecule has 32 heavy (non-hydrogen) atoms. The monoisotopic (exact) mass is 444 g/mol. The molecule has 0 spiro atoms. The molecule has 0 bridgehead atoms. The van der Waals surface area contributed by atoms with Crippen molar-refractivity contribution in [2.45, 2.75) is 25.7 Å². The van der Waals surface area contributed by atoms with Gasteiger partial charge in [-0.25, -0.2) is 4.90 Å². The molecule has 0 aromatic heterocycles. The molecule has 1 N–H and O–H groups in total. The molecule has 1 heterocycles. The van der Waals surface area contributed by atoms with Gasteiger partial charge >= 0.3 is 0 Å². The lowest BCUT2D eigenvalue weighted by atomic mass is 10.1. The summed E-state index contributed by atoms with van der Waals surface area (Å²) in [6, 6.07) is 22.7. The number of carbonyl (C=O) groups excluding carboxylic acids is 2. The van der Waals surface area contributed by atoms with Crippen LogP contribution in [0.1, 0.15) is 18.1 Å². The first-order chi connectivity index (χ1) is 15.5. The van der Waals surface area contributed by atoms with Crippen molar-refractivity contribution in [2.75, 3.05) is 16.8 Å². The van der Waals surface area contributed by atoms with Gasteiger partial charge in [-0.15, -0.1) is 0 Å². The first-order valence-corrected chi connectivity index (χ1v) is 11.2. The van der Waals surface area contributed by atoms with Gasteiger partial charge in [0.05, 0.1) is 12.3 Å². The number of rotatable bonds is 7. The molecule has 3 aromatic carbocycles. The lowest BCUT2D eigenvalue weighted by Crippen LogP contribution is -2.33. The standard InChI is InChI=1S/C26H24N2O3S/c1-4-31-20-14-12-19(13-15-20)27-23-24(32-21-8-6-5-7-9-21)26(30)28(25(23)29)22-16-17(2)10-11-18(22)3/h5-16,27H,4H2,1-3H3. The first-order valence-electron chi connectivity index (χ1n) is 10.4. The van der Waals surface area contributed by atoms with Gasteiger partial charge in [0.1, 0.15) is 16.4 Å². The predicted octanol–water partition coefficient (Wildman–Crippen LogP) is 5.69. The minimum atomic E-state index is -0.365. The molecule has 6 heteroatoms. The van der Waals surface area contributed by atoms with Crippen LogP contribution in [0.15, 0.2) is 88.3 Å². The second-order valence-corrected chi connectivity index (χ2v) is 8.52. The topological polar surface area (TPSA) is 58.6 Å². The van der Waals surface area contributed by atoms with Gasteiger partial charge in [0.15, 0.2) is 0 Å². The van der Waals surface area contributed by atoms with Crippen molar-refractivity contribution in [1.82, 2.24) is 0 Å². The fourth-order valence-corrected chi connectivity index (χ4v) is 4.39. The molecular weight excluding hydrogens is 420 g/mol. The highest BCUT2D eigenvalue weighted by atomic mass is 32.2. The third kappa shape index (κ3) is 4.41. The van der Waals surface area contributed by atoms with Crippen LogP contribution in [0.5, 0.6) is 5.75 Å². The Morgan fingerprint density at radius 3 is 2.31 bits per heavy atom. The Hall–Kier alpha value is -3.51. The second-order valence-electron chi connectivity index (χ2n) is 7.44. The minimum Gasteiger partial charge on any atom is -0.494 e. The van der Waals surface area contributed by atoms with E-state index in [1.807, 2.05) is 93.6 Å². The fraction of sp³-hybridized carbons (Fsp3) is 0.154. The zero-order valence-corrected chi connectivity index (χ0v) is 19.0. The fourth-order valence-electron chi connectivity index (χ4n) is 3.45. The molecular formula is C26H24N2O3S. The maximum atomic E-state index is 13.5. The molecule has 3 aromatic rings. The smallest absolute Gasteiger partial charge is 0.283 e. The van der Waals surface area contributed by atoms with Crippen molar-refractivity contribution in [2.24, 2.45) is 0 Å². The van der Waals surface area contributed by atoms with Crippen molar-refractivity contribution >= 4 is 35.0 Å². The number of amides is 2. The summed E-state index contributed by atoms with van der Waals surface area (Å²) < 4.78 is 5.50. The molecule has 0 atom stereocenters. The molecule has 1 aliphatic rings. The number of ether oxygens (including phenoxy) is 1. The van der Waals surface area contributed by atoms with Crippen molar-refractivity contribution in [1.29, 1.82) is 0 Å². The van der Waals surface area contributed by atoms with Gasteiger partial charge in [-0.05, 0) is 74.4 Å². The van der Waals surface area contributed by atoms with E-state index in [4.69, 9.17) is 4.74 Å². The normalized spacial score (nSPS) is 13.7. The van der Waals surface area contributed by atoms with Crippen molar-refractivity contribution < 1.29 is 14.3 Å². The van der Waals surface area contributed by atoms with Crippen molar-refractivity contribution in [3.05, 3.63) is 94.5 Å². The molecule has 0 radical (unpaired) electrons. The number of thioether (sulfide) groups is 1. The van der Waals surface area contributed by atoms with Crippen LogP contribution in [0, 0.1) is 13.8 Å². The zero-order chi connectivity index (χ0) is 22.7. The van der Waals surface area contributed by atoms with E-state index < -0.39 is 0 Å². The second kappa shape index (κ2) is 9.32. The SMILES string of the molecule is CCOc1ccc(NC2=C(Sc3ccccc3)C(=O)N(c3cc(C)ccc3C)C2=O)cc1. The summed E-state index contributed by atoms with van der Waals surface area (Å²) in [5.74, 6) is 0.0544. The average Bonchev–Trinajstić information content (AvgIpc) is 3.01. The summed E-state index contributed by atoms with van der Waals surface area (Å²) in [5.41, 5.74) is 3.43. The van der Waals surface area contributed by atoms with Gasteiger partial charge in [0.25, 0.3) is 11.8 Å². The van der Waals surface area contributed by atoms with Gasteiger partial charge in [-0.3, -0.25) is 9.59 Å². The third-order valence-electron chi connectivity index (χ3n) is 5.04. The number of carbonyl (C=O) groups is 2. The van der Waals surface area contributed by atoms with Crippen LogP contribution in [0.2, 0.25) is 0 Å². The molecule has 4 rings (SSSR count). The van der Waals surface area contributed by atoms with Crippen molar-refractivity contribution in [3.8, 4) is 5.75 Å². The van der Waals surface area contributed by atoms with Crippen LogP contribution in [0.3, 0.4) is 0 Å². The van der Waals surface area contributed by atoms with E-state index in [1.54, 1.807) is 0 Å². The molecule has 0 aliphatic carbocycles. The molecule has 0 fully saturated rings. The average molecular weight is 445 g/mol. The first kappa shape index (κ1) is 21.7. The van der Waals surface area contributed by atoms with Crippen LogP contribution >= 0.6 is 11.8 Å². The lowest BCUT2D eigenvalue weighted by molar-refractivity contribution is -0.120. The summed E-state index contributed by atoms with van der Waals surface area (Å²) in [6.45, 7) is 6.35. The molecule has 162 valence electrons. The van der Waals surface area contributed by atoms with Gasteiger partial charge in [-0.2, -0.15) is 0 Å². The molecule has 0 saturated heterocycles.